The van der Waals surface area contributed by atoms with E-state index in [9.17, 15) is 9.18 Å². The first kappa shape index (κ1) is 17.7. The van der Waals surface area contributed by atoms with E-state index in [1.807, 2.05) is 6.92 Å². The Labute approximate surface area is 137 Å². The minimum atomic E-state index is -0.243. The molecule has 1 aliphatic heterocycles. The topological polar surface area (TPSA) is 40.0 Å². The molecule has 0 atom stereocenters. The zero-order valence-electron chi connectivity index (χ0n) is 13.9. The summed E-state index contributed by atoms with van der Waals surface area (Å²) in [6, 6.07) is 6.13. The van der Waals surface area contributed by atoms with Crippen molar-refractivity contribution in [2.24, 2.45) is 5.92 Å². The van der Waals surface area contributed by atoms with E-state index in [0.29, 0.717) is 19.0 Å². The quantitative estimate of drug-likeness (QED) is 0.586. The zero-order chi connectivity index (χ0) is 16.5. The van der Waals surface area contributed by atoms with Crippen molar-refractivity contribution in [3.05, 3.63) is 30.1 Å². The molecular formula is C18H27FNO3+. The number of hydrogen-bond donors (Lipinski definition) is 1. The summed E-state index contributed by atoms with van der Waals surface area (Å²) in [5.74, 6) is 0.543. The van der Waals surface area contributed by atoms with Gasteiger partial charge in [-0.25, -0.2) is 4.39 Å². The smallest absolute Gasteiger partial charge is 0.309 e. The van der Waals surface area contributed by atoms with Gasteiger partial charge in [0.1, 0.15) is 11.6 Å². The monoisotopic (exact) mass is 324 g/mol. The van der Waals surface area contributed by atoms with Crippen LogP contribution in [0.5, 0.6) is 5.75 Å². The second kappa shape index (κ2) is 9.50. The Bertz CT molecular complexity index is 470. The van der Waals surface area contributed by atoms with Gasteiger partial charge in [0, 0.05) is 12.8 Å². The van der Waals surface area contributed by atoms with Crippen LogP contribution in [-0.2, 0) is 9.53 Å². The summed E-state index contributed by atoms with van der Waals surface area (Å²) < 4.78 is 23.4. The van der Waals surface area contributed by atoms with E-state index in [0.717, 1.165) is 45.3 Å². The lowest BCUT2D eigenvalue weighted by Gasteiger charge is -2.28. The first-order valence-electron chi connectivity index (χ1n) is 8.57. The summed E-state index contributed by atoms with van der Waals surface area (Å²) in [5, 5.41) is 0. The second-order valence-electron chi connectivity index (χ2n) is 6.04. The lowest BCUT2D eigenvalue weighted by atomic mass is 9.97. The number of ether oxygens (including phenoxy) is 2. The highest BCUT2D eigenvalue weighted by atomic mass is 19.1. The SMILES string of the molecule is CCOC(=O)C1CC[NH+](CCCCOc2ccc(F)cc2)CC1. The molecule has 0 aromatic heterocycles. The summed E-state index contributed by atoms with van der Waals surface area (Å²) in [4.78, 5) is 13.3. The van der Waals surface area contributed by atoms with Gasteiger partial charge in [-0.2, -0.15) is 0 Å². The fraction of sp³-hybridized carbons (Fsp3) is 0.611. The summed E-state index contributed by atoms with van der Waals surface area (Å²) in [6.45, 7) is 6.18. The number of likely N-dealkylation sites (tertiary alicyclic amines) is 1. The maximum absolute atomic E-state index is 12.8. The van der Waals surface area contributed by atoms with Crippen LogP contribution in [0.25, 0.3) is 0 Å². The van der Waals surface area contributed by atoms with E-state index in [1.165, 1.54) is 12.1 Å². The highest BCUT2D eigenvalue weighted by Gasteiger charge is 2.27. The van der Waals surface area contributed by atoms with Crippen molar-refractivity contribution in [3.63, 3.8) is 0 Å². The molecular weight excluding hydrogens is 297 g/mol. The Morgan fingerprint density at radius 3 is 2.57 bits per heavy atom. The van der Waals surface area contributed by atoms with E-state index in [1.54, 1.807) is 17.0 Å². The molecule has 1 N–H and O–H groups in total. The standard InChI is InChI=1S/C18H26FNO3/c1-2-22-18(21)15-9-12-20(13-10-15)11-3-4-14-23-17-7-5-16(19)6-8-17/h5-8,15H,2-4,9-14H2,1H3/p+1. The van der Waals surface area contributed by atoms with Crippen LogP contribution in [0, 0.1) is 11.7 Å². The van der Waals surface area contributed by atoms with Crippen LogP contribution in [0.1, 0.15) is 32.6 Å². The second-order valence-corrected chi connectivity index (χ2v) is 6.04. The number of benzene rings is 1. The Hall–Kier alpha value is -1.62. The van der Waals surface area contributed by atoms with E-state index in [-0.39, 0.29) is 17.7 Å². The molecule has 1 saturated heterocycles. The molecule has 0 saturated carbocycles. The molecule has 2 rings (SSSR count). The van der Waals surface area contributed by atoms with Crippen molar-refractivity contribution in [3.8, 4) is 5.75 Å². The molecule has 0 amide bonds. The maximum Gasteiger partial charge on any atom is 0.309 e. The molecule has 1 heterocycles. The van der Waals surface area contributed by atoms with Gasteiger partial charge in [0.2, 0.25) is 0 Å². The fourth-order valence-electron chi connectivity index (χ4n) is 2.97. The molecule has 128 valence electrons. The van der Waals surface area contributed by atoms with Crippen molar-refractivity contribution in [1.82, 2.24) is 0 Å². The number of hydrogen-bond acceptors (Lipinski definition) is 3. The van der Waals surface area contributed by atoms with E-state index in [4.69, 9.17) is 9.47 Å². The molecule has 1 fully saturated rings. The van der Waals surface area contributed by atoms with Crippen molar-refractivity contribution < 1.29 is 23.6 Å². The number of carbonyl (C=O) groups is 1. The molecule has 1 aliphatic rings. The van der Waals surface area contributed by atoms with Crippen LogP contribution in [0.15, 0.2) is 24.3 Å². The highest BCUT2D eigenvalue weighted by Crippen LogP contribution is 2.12. The predicted octanol–water partition coefficient (Wildman–Crippen LogP) is 1.84. The van der Waals surface area contributed by atoms with Gasteiger partial charge in [0.25, 0.3) is 0 Å². The number of piperidine rings is 1. The minimum absolute atomic E-state index is 0.0285. The average Bonchev–Trinajstić information content (AvgIpc) is 2.57. The molecule has 0 aliphatic carbocycles. The Morgan fingerprint density at radius 1 is 1.22 bits per heavy atom. The third-order valence-electron chi connectivity index (χ3n) is 4.32. The van der Waals surface area contributed by atoms with Crippen molar-refractivity contribution in [2.45, 2.75) is 32.6 Å². The van der Waals surface area contributed by atoms with Crippen LogP contribution < -0.4 is 9.64 Å². The number of halogens is 1. The van der Waals surface area contributed by atoms with Crippen LogP contribution in [-0.4, -0.2) is 38.8 Å². The maximum atomic E-state index is 12.8. The molecule has 1 aromatic carbocycles. The van der Waals surface area contributed by atoms with E-state index in [2.05, 4.69) is 0 Å². The molecule has 23 heavy (non-hydrogen) atoms. The van der Waals surface area contributed by atoms with Crippen LogP contribution in [0.2, 0.25) is 0 Å². The Kier molecular flexibility index (Phi) is 7.33. The van der Waals surface area contributed by atoms with Gasteiger partial charge in [0.05, 0.1) is 38.8 Å². The van der Waals surface area contributed by atoms with Crippen LogP contribution >= 0.6 is 0 Å². The first-order chi connectivity index (χ1) is 11.2. The van der Waals surface area contributed by atoms with E-state index >= 15 is 0 Å². The molecule has 0 radical (unpaired) electrons. The van der Waals surface area contributed by atoms with Crippen LogP contribution in [0.3, 0.4) is 0 Å². The van der Waals surface area contributed by atoms with Crippen molar-refractivity contribution in [1.29, 1.82) is 0 Å². The summed E-state index contributed by atoms with van der Waals surface area (Å²) in [6.07, 6.45) is 3.95. The van der Waals surface area contributed by atoms with Gasteiger partial charge in [0.15, 0.2) is 0 Å². The number of unbranched alkanes of at least 4 members (excludes halogenated alkanes) is 1. The molecule has 0 spiro atoms. The Morgan fingerprint density at radius 2 is 1.91 bits per heavy atom. The van der Waals surface area contributed by atoms with Gasteiger partial charge in [-0.05, 0) is 44.0 Å². The van der Waals surface area contributed by atoms with Crippen molar-refractivity contribution in [2.75, 3.05) is 32.8 Å². The van der Waals surface area contributed by atoms with Gasteiger partial charge in [-0.1, -0.05) is 0 Å². The highest BCUT2D eigenvalue weighted by molar-refractivity contribution is 5.72. The lowest BCUT2D eigenvalue weighted by Crippen LogP contribution is -3.13. The molecule has 1 aromatic rings. The lowest BCUT2D eigenvalue weighted by molar-refractivity contribution is -0.906. The van der Waals surface area contributed by atoms with Crippen LogP contribution in [0.4, 0.5) is 4.39 Å². The number of quaternary nitrogens is 1. The van der Waals surface area contributed by atoms with Gasteiger partial charge in [-0.3, -0.25) is 4.79 Å². The number of rotatable bonds is 8. The third-order valence-corrected chi connectivity index (χ3v) is 4.32. The Balaban J connectivity index is 1.54. The predicted molar refractivity (Wildman–Crippen MR) is 86.0 cm³/mol. The average molecular weight is 324 g/mol. The summed E-state index contributed by atoms with van der Waals surface area (Å²) in [5.41, 5.74) is 0. The largest absolute Gasteiger partial charge is 0.494 e. The zero-order valence-corrected chi connectivity index (χ0v) is 13.9. The van der Waals surface area contributed by atoms with Gasteiger partial charge < -0.3 is 14.4 Å². The number of carbonyl (C=O) groups excluding carboxylic acids is 1. The number of nitrogens with one attached hydrogen (secondary N) is 1. The fourth-order valence-corrected chi connectivity index (χ4v) is 2.97. The first-order valence-corrected chi connectivity index (χ1v) is 8.57. The van der Waals surface area contributed by atoms with Gasteiger partial charge in [-0.15, -0.1) is 0 Å². The summed E-state index contributed by atoms with van der Waals surface area (Å²) >= 11 is 0. The molecule has 5 heteroatoms. The van der Waals surface area contributed by atoms with Gasteiger partial charge >= 0.3 is 5.97 Å². The van der Waals surface area contributed by atoms with Crippen molar-refractivity contribution >= 4 is 5.97 Å². The minimum Gasteiger partial charge on any atom is -0.494 e. The molecule has 0 bridgehead atoms. The normalized spacial score (nSPS) is 21.0. The summed E-state index contributed by atoms with van der Waals surface area (Å²) in [7, 11) is 0. The third kappa shape index (κ3) is 6.18. The molecule has 0 unspecified atom stereocenters. The number of esters is 1. The molecule has 4 nitrogen and oxygen atoms in total. The van der Waals surface area contributed by atoms with E-state index < -0.39 is 0 Å².